The second kappa shape index (κ2) is 9.82. The van der Waals surface area contributed by atoms with Crippen LogP contribution in [0.2, 0.25) is 0 Å². The Labute approximate surface area is 214 Å². The molecule has 1 amide bonds. The fourth-order valence-corrected chi connectivity index (χ4v) is 5.36. The maximum absolute atomic E-state index is 12.8. The molecule has 3 aromatic rings. The van der Waals surface area contributed by atoms with Crippen LogP contribution in [0.15, 0.2) is 54.6 Å². The van der Waals surface area contributed by atoms with Gasteiger partial charge < -0.3 is 19.5 Å². The van der Waals surface area contributed by atoms with E-state index >= 15 is 0 Å². The van der Waals surface area contributed by atoms with Gasteiger partial charge in [0.15, 0.2) is 5.78 Å². The van der Waals surface area contributed by atoms with Gasteiger partial charge in [-0.05, 0) is 42.7 Å². The molecule has 9 heteroatoms. The molecule has 1 unspecified atom stereocenters. The molecule has 0 radical (unpaired) electrons. The summed E-state index contributed by atoms with van der Waals surface area (Å²) in [6.45, 7) is 0.777. The van der Waals surface area contributed by atoms with Gasteiger partial charge in [-0.15, -0.1) is 0 Å². The van der Waals surface area contributed by atoms with Crippen LogP contribution < -0.4 is 19.7 Å². The Balaban J connectivity index is 1.10. The Bertz CT molecular complexity index is 1350. The van der Waals surface area contributed by atoms with Gasteiger partial charge in [-0.2, -0.15) is 0 Å². The molecule has 2 aliphatic heterocycles. The minimum atomic E-state index is -0.385. The van der Waals surface area contributed by atoms with Crippen LogP contribution in [0.4, 0.5) is 10.6 Å². The highest BCUT2D eigenvalue weighted by atomic mass is 16.6. The van der Waals surface area contributed by atoms with Gasteiger partial charge in [0.2, 0.25) is 5.88 Å². The minimum Gasteiger partial charge on any atom is -0.484 e. The first-order valence-electron chi connectivity index (χ1n) is 12.6. The SMILES string of the molecule is COc1cccc(-c2cccc(CN[C@H]3CCC4[C@H](C3)OC(=O)N4c3ccc4c(n3)CC(=O)CO4)c2)n1. The highest BCUT2D eigenvalue weighted by Crippen LogP contribution is 2.36. The van der Waals surface area contributed by atoms with Crippen LogP contribution in [0.5, 0.6) is 11.6 Å². The lowest BCUT2D eigenvalue weighted by molar-refractivity contribution is -0.121. The van der Waals surface area contributed by atoms with E-state index in [1.54, 1.807) is 24.1 Å². The quantitative estimate of drug-likeness (QED) is 0.547. The number of hydrogen-bond acceptors (Lipinski definition) is 8. The summed E-state index contributed by atoms with van der Waals surface area (Å²) in [5, 5.41) is 3.64. The predicted octanol–water partition coefficient (Wildman–Crippen LogP) is 3.69. The van der Waals surface area contributed by atoms with E-state index in [9.17, 15) is 9.59 Å². The van der Waals surface area contributed by atoms with Crippen molar-refractivity contribution in [2.75, 3.05) is 18.6 Å². The molecule has 37 heavy (non-hydrogen) atoms. The number of anilines is 1. The first-order valence-corrected chi connectivity index (χ1v) is 12.6. The normalized spacial score (nSPS) is 22.6. The minimum absolute atomic E-state index is 0.0177. The Morgan fingerprint density at radius 1 is 1.08 bits per heavy atom. The van der Waals surface area contributed by atoms with E-state index in [1.807, 2.05) is 30.3 Å². The summed E-state index contributed by atoms with van der Waals surface area (Å²) in [6.07, 6.45) is 2.08. The third-order valence-corrected chi connectivity index (χ3v) is 7.21. The zero-order valence-corrected chi connectivity index (χ0v) is 20.6. The molecule has 3 aliphatic rings. The molecule has 190 valence electrons. The number of carbonyl (C=O) groups excluding carboxylic acids is 2. The number of amides is 1. The van der Waals surface area contributed by atoms with Gasteiger partial charge in [0, 0.05) is 30.6 Å². The predicted molar refractivity (Wildman–Crippen MR) is 136 cm³/mol. The topological polar surface area (TPSA) is 103 Å². The van der Waals surface area contributed by atoms with Gasteiger partial charge in [0.1, 0.15) is 24.3 Å². The van der Waals surface area contributed by atoms with Crippen LogP contribution in [0.3, 0.4) is 0 Å². The monoisotopic (exact) mass is 500 g/mol. The molecule has 9 nitrogen and oxygen atoms in total. The van der Waals surface area contributed by atoms with Gasteiger partial charge >= 0.3 is 6.09 Å². The van der Waals surface area contributed by atoms with E-state index in [1.165, 1.54) is 0 Å². The molecule has 1 aromatic carbocycles. The number of methoxy groups -OCH3 is 1. The van der Waals surface area contributed by atoms with E-state index in [4.69, 9.17) is 14.2 Å². The van der Waals surface area contributed by atoms with Crippen molar-refractivity contribution in [1.29, 1.82) is 0 Å². The van der Waals surface area contributed by atoms with E-state index in [0.29, 0.717) is 29.7 Å². The van der Waals surface area contributed by atoms with Gasteiger partial charge in [-0.3, -0.25) is 9.69 Å². The maximum Gasteiger partial charge on any atom is 0.416 e. The van der Waals surface area contributed by atoms with Crippen LogP contribution >= 0.6 is 0 Å². The third kappa shape index (κ3) is 4.74. The van der Waals surface area contributed by atoms with Crippen molar-refractivity contribution in [3.8, 4) is 22.9 Å². The van der Waals surface area contributed by atoms with Gasteiger partial charge in [0.25, 0.3) is 0 Å². The summed E-state index contributed by atoms with van der Waals surface area (Å²) >= 11 is 0. The summed E-state index contributed by atoms with van der Waals surface area (Å²) in [5.41, 5.74) is 3.63. The zero-order chi connectivity index (χ0) is 25.4. The largest absolute Gasteiger partial charge is 0.484 e. The Hall–Kier alpha value is -3.98. The smallest absolute Gasteiger partial charge is 0.416 e. The van der Waals surface area contributed by atoms with E-state index < -0.39 is 0 Å². The fourth-order valence-electron chi connectivity index (χ4n) is 5.36. The molecule has 0 bridgehead atoms. The number of hydrogen-bond donors (Lipinski definition) is 1. The molecular weight excluding hydrogens is 472 g/mol. The number of Topliss-reactive ketones (excluding diaryl/α,β-unsaturated/α-hetero) is 1. The molecule has 1 N–H and O–H groups in total. The summed E-state index contributed by atoms with van der Waals surface area (Å²) < 4.78 is 16.5. The lowest BCUT2D eigenvalue weighted by Crippen LogP contribution is -2.46. The van der Waals surface area contributed by atoms with Crippen LogP contribution in [-0.2, 0) is 22.5 Å². The number of nitrogens with zero attached hydrogens (tertiary/aromatic N) is 3. The summed E-state index contributed by atoms with van der Waals surface area (Å²) in [4.78, 5) is 35.3. The second-order valence-electron chi connectivity index (χ2n) is 9.63. The number of fused-ring (bicyclic) bond motifs is 2. The number of ketones is 1. The summed E-state index contributed by atoms with van der Waals surface area (Å²) in [6, 6.07) is 17.8. The van der Waals surface area contributed by atoms with Crippen molar-refractivity contribution in [2.24, 2.45) is 0 Å². The summed E-state index contributed by atoms with van der Waals surface area (Å²) in [5.74, 6) is 1.69. The molecule has 1 saturated heterocycles. The highest BCUT2D eigenvalue weighted by molar-refractivity contribution is 5.90. The molecular formula is C28H28N4O5. The van der Waals surface area contributed by atoms with Crippen molar-refractivity contribution in [2.45, 2.75) is 50.4 Å². The van der Waals surface area contributed by atoms with Crippen molar-refractivity contribution in [1.82, 2.24) is 15.3 Å². The van der Waals surface area contributed by atoms with Crippen LogP contribution in [-0.4, -0.2) is 53.7 Å². The van der Waals surface area contributed by atoms with E-state index in [-0.39, 0.29) is 43.1 Å². The summed E-state index contributed by atoms with van der Waals surface area (Å²) in [7, 11) is 1.61. The molecule has 3 atom stereocenters. The molecule has 4 heterocycles. The molecule has 0 spiro atoms. The number of ether oxygens (including phenoxy) is 3. The van der Waals surface area contributed by atoms with Crippen molar-refractivity contribution in [3.63, 3.8) is 0 Å². The number of nitrogens with one attached hydrogen (secondary N) is 1. The second-order valence-corrected chi connectivity index (χ2v) is 9.63. The Morgan fingerprint density at radius 3 is 2.86 bits per heavy atom. The third-order valence-electron chi connectivity index (χ3n) is 7.21. The van der Waals surface area contributed by atoms with Crippen LogP contribution in [0.25, 0.3) is 11.3 Å². The zero-order valence-electron chi connectivity index (χ0n) is 20.6. The number of carbonyl (C=O) groups is 2. The molecule has 2 aromatic heterocycles. The van der Waals surface area contributed by atoms with Gasteiger partial charge in [-0.25, -0.2) is 14.8 Å². The Morgan fingerprint density at radius 2 is 1.97 bits per heavy atom. The highest BCUT2D eigenvalue weighted by Gasteiger charge is 2.46. The van der Waals surface area contributed by atoms with Gasteiger partial charge in [0.05, 0.1) is 31.0 Å². The van der Waals surface area contributed by atoms with Crippen molar-refractivity contribution < 1.29 is 23.8 Å². The molecule has 6 rings (SSSR count). The number of pyridine rings is 2. The van der Waals surface area contributed by atoms with E-state index in [0.717, 1.165) is 36.1 Å². The average Bonchev–Trinajstić information content (AvgIpc) is 3.26. The maximum atomic E-state index is 12.8. The first-order chi connectivity index (χ1) is 18.1. The lowest BCUT2D eigenvalue weighted by Gasteiger charge is -2.33. The van der Waals surface area contributed by atoms with Crippen molar-refractivity contribution >= 4 is 17.7 Å². The van der Waals surface area contributed by atoms with Crippen LogP contribution in [0, 0.1) is 0 Å². The fraction of sp³-hybridized carbons (Fsp3) is 0.357. The molecule has 1 saturated carbocycles. The van der Waals surface area contributed by atoms with E-state index in [2.05, 4.69) is 27.4 Å². The molecule has 1 aliphatic carbocycles. The van der Waals surface area contributed by atoms with Crippen molar-refractivity contribution in [3.05, 3.63) is 65.9 Å². The number of rotatable bonds is 6. The molecule has 2 fully saturated rings. The average molecular weight is 501 g/mol. The standard InChI is InChI=1S/C28H28N4O5/c1-35-27-7-3-6-21(31-27)18-5-2-4-17(12-18)15-29-19-8-9-23-25(13-19)37-28(34)32(23)26-11-10-24-22(30-26)14-20(33)16-36-24/h2-7,10-12,19,23,25,29H,8-9,13-16H2,1H3/t19-,23?,25-/m0/s1. The van der Waals surface area contributed by atoms with Crippen LogP contribution in [0.1, 0.15) is 30.5 Å². The lowest BCUT2D eigenvalue weighted by atomic mass is 9.88. The van der Waals surface area contributed by atoms with Gasteiger partial charge in [-0.1, -0.05) is 24.3 Å². The Kier molecular flexibility index (Phi) is 6.21. The number of benzene rings is 1. The number of aromatic nitrogens is 2. The first kappa shape index (κ1) is 23.4.